The number of hydrogen-bond donors (Lipinski definition) is 1. The van der Waals surface area contributed by atoms with Crippen LogP contribution in [0.25, 0.3) is 10.8 Å². The lowest BCUT2D eigenvalue weighted by Gasteiger charge is -2.34. The van der Waals surface area contributed by atoms with Crippen LogP contribution in [0.1, 0.15) is 24.8 Å². The quantitative estimate of drug-likeness (QED) is 0.941. The van der Waals surface area contributed by atoms with Gasteiger partial charge in [-0.25, -0.2) is 0 Å². The van der Waals surface area contributed by atoms with Crippen LogP contribution in [0.15, 0.2) is 42.5 Å². The zero-order valence-corrected chi connectivity index (χ0v) is 12.2. The number of rotatable bonds is 3. The molecule has 0 bridgehead atoms. The summed E-state index contributed by atoms with van der Waals surface area (Å²) >= 11 is 0. The van der Waals surface area contributed by atoms with Gasteiger partial charge in [-0.15, -0.1) is 0 Å². The molecule has 0 saturated carbocycles. The number of hydrogen-bond acceptors (Lipinski definition) is 2. The molecule has 1 unspecified atom stereocenters. The van der Waals surface area contributed by atoms with E-state index in [9.17, 15) is 9.90 Å². The van der Waals surface area contributed by atoms with E-state index in [0.29, 0.717) is 6.42 Å². The average Bonchev–Trinajstić information content (AvgIpc) is 2.54. The lowest BCUT2D eigenvalue weighted by Crippen LogP contribution is -2.46. The van der Waals surface area contributed by atoms with Crippen LogP contribution in [0.2, 0.25) is 0 Å². The number of carbonyl (C=O) groups is 1. The van der Waals surface area contributed by atoms with E-state index in [4.69, 9.17) is 0 Å². The van der Waals surface area contributed by atoms with Crippen molar-refractivity contribution in [1.82, 2.24) is 4.90 Å². The molecule has 1 atom stereocenters. The van der Waals surface area contributed by atoms with Gasteiger partial charge in [-0.05, 0) is 35.6 Å². The number of carbonyl (C=O) groups excluding carboxylic acids is 1. The first-order valence-electron chi connectivity index (χ1n) is 7.66. The van der Waals surface area contributed by atoms with Crippen LogP contribution in [0, 0.1) is 0 Å². The molecule has 1 aliphatic heterocycles. The Balaban J connectivity index is 1.76. The van der Waals surface area contributed by atoms with Crippen molar-refractivity contribution >= 4 is 16.7 Å². The predicted molar refractivity (Wildman–Crippen MR) is 84.1 cm³/mol. The first kappa shape index (κ1) is 14.1. The van der Waals surface area contributed by atoms with Gasteiger partial charge in [0.25, 0.3) is 0 Å². The van der Waals surface area contributed by atoms with E-state index < -0.39 is 0 Å². The van der Waals surface area contributed by atoms with Crippen LogP contribution in [0.5, 0.6) is 0 Å². The Morgan fingerprint density at radius 1 is 1.14 bits per heavy atom. The molecule has 1 heterocycles. The molecule has 2 aromatic carbocycles. The maximum atomic E-state index is 12.5. The number of benzene rings is 2. The zero-order valence-electron chi connectivity index (χ0n) is 12.2. The van der Waals surface area contributed by atoms with Gasteiger partial charge in [-0.2, -0.15) is 0 Å². The fraction of sp³-hybridized carbons (Fsp3) is 0.389. The van der Waals surface area contributed by atoms with Gasteiger partial charge in [0.05, 0.1) is 19.1 Å². The van der Waals surface area contributed by atoms with E-state index in [1.807, 2.05) is 23.1 Å². The van der Waals surface area contributed by atoms with Gasteiger partial charge < -0.3 is 10.0 Å². The summed E-state index contributed by atoms with van der Waals surface area (Å²) < 4.78 is 0. The Hall–Kier alpha value is -1.87. The monoisotopic (exact) mass is 283 g/mol. The fourth-order valence-electron chi connectivity index (χ4n) is 3.14. The molecule has 0 spiro atoms. The Morgan fingerprint density at radius 3 is 2.76 bits per heavy atom. The molecule has 0 radical (unpaired) electrons. The summed E-state index contributed by atoms with van der Waals surface area (Å²) in [5, 5.41) is 11.8. The minimum absolute atomic E-state index is 0.00621. The highest BCUT2D eigenvalue weighted by Gasteiger charge is 2.25. The van der Waals surface area contributed by atoms with Gasteiger partial charge >= 0.3 is 0 Å². The van der Waals surface area contributed by atoms with Crippen molar-refractivity contribution in [1.29, 1.82) is 0 Å². The van der Waals surface area contributed by atoms with Crippen LogP contribution < -0.4 is 0 Å². The van der Waals surface area contributed by atoms with Crippen LogP contribution in [0.4, 0.5) is 0 Å². The third-order valence-corrected chi connectivity index (χ3v) is 4.33. The lowest BCUT2D eigenvalue weighted by molar-refractivity contribution is -0.135. The van der Waals surface area contributed by atoms with Crippen LogP contribution in [0.3, 0.4) is 0 Å². The van der Waals surface area contributed by atoms with E-state index in [1.165, 1.54) is 10.8 Å². The highest BCUT2D eigenvalue weighted by Crippen LogP contribution is 2.20. The molecule has 0 aliphatic carbocycles. The van der Waals surface area contributed by atoms with Crippen molar-refractivity contribution in [3.05, 3.63) is 48.0 Å². The second kappa shape index (κ2) is 6.27. The van der Waals surface area contributed by atoms with Crippen molar-refractivity contribution < 1.29 is 9.90 Å². The van der Waals surface area contributed by atoms with Crippen molar-refractivity contribution in [2.24, 2.45) is 0 Å². The topological polar surface area (TPSA) is 40.5 Å². The van der Waals surface area contributed by atoms with Gasteiger partial charge in [0, 0.05) is 6.54 Å². The van der Waals surface area contributed by atoms with Gasteiger partial charge in [-0.1, -0.05) is 42.5 Å². The minimum Gasteiger partial charge on any atom is -0.394 e. The SMILES string of the molecule is O=C(Cc1ccc2ccccc2c1)N1CCCCC1CO. The molecule has 0 aromatic heterocycles. The van der Waals surface area contributed by atoms with Crippen molar-refractivity contribution in [2.45, 2.75) is 31.7 Å². The predicted octanol–water partition coefficient (Wildman–Crippen LogP) is 2.76. The summed E-state index contributed by atoms with van der Waals surface area (Å²) in [5.41, 5.74) is 1.04. The molecule has 2 aromatic rings. The molecule has 1 fully saturated rings. The maximum absolute atomic E-state index is 12.5. The summed E-state index contributed by atoms with van der Waals surface area (Å²) in [5.74, 6) is 0.129. The van der Waals surface area contributed by atoms with E-state index in [1.54, 1.807) is 0 Å². The molecule has 1 aliphatic rings. The largest absolute Gasteiger partial charge is 0.394 e. The number of aliphatic hydroxyl groups excluding tert-OH is 1. The van der Waals surface area contributed by atoms with Gasteiger partial charge in [-0.3, -0.25) is 4.79 Å². The Kier molecular flexibility index (Phi) is 4.20. The Morgan fingerprint density at radius 2 is 1.95 bits per heavy atom. The Labute approximate surface area is 125 Å². The molecule has 21 heavy (non-hydrogen) atoms. The molecule has 3 heteroatoms. The highest BCUT2D eigenvalue weighted by atomic mass is 16.3. The molecule has 1 N–H and O–H groups in total. The summed E-state index contributed by atoms with van der Waals surface area (Å²) in [6, 6.07) is 14.4. The van der Waals surface area contributed by atoms with Crippen molar-refractivity contribution in [3.8, 4) is 0 Å². The zero-order chi connectivity index (χ0) is 14.7. The third-order valence-electron chi connectivity index (χ3n) is 4.33. The highest BCUT2D eigenvalue weighted by molar-refractivity contribution is 5.85. The van der Waals surface area contributed by atoms with Gasteiger partial charge in [0.2, 0.25) is 5.91 Å². The maximum Gasteiger partial charge on any atom is 0.227 e. The van der Waals surface area contributed by atoms with Crippen LogP contribution in [-0.2, 0) is 11.2 Å². The van der Waals surface area contributed by atoms with E-state index in [-0.39, 0.29) is 18.6 Å². The molecule has 1 amide bonds. The van der Waals surface area contributed by atoms with Crippen LogP contribution in [-0.4, -0.2) is 35.1 Å². The standard InChI is InChI=1S/C18H21NO2/c20-13-17-7-3-4-10-19(17)18(21)12-14-8-9-15-5-1-2-6-16(15)11-14/h1-2,5-6,8-9,11,17,20H,3-4,7,10,12-13H2. The normalized spacial score (nSPS) is 18.9. The molecule has 110 valence electrons. The Bertz CT molecular complexity index is 638. The molecule has 1 saturated heterocycles. The molecular formula is C18H21NO2. The molecular weight excluding hydrogens is 262 g/mol. The molecule has 3 nitrogen and oxygen atoms in total. The minimum atomic E-state index is 0.00621. The van der Waals surface area contributed by atoms with Gasteiger partial charge in [0.15, 0.2) is 0 Å². The third kappa shape index (κ3) is 3.08. The van der Waals surface area contributed by atoms with E-state index >= 15 is 0 Å². The second-order valence-electron chi connectivity index (χ2n) is 5.78. The smallest absolute Gasteiger partial charge is 0.227 e. The van der Waals surface area contributed by atoms with E-state index in [2.05, 4.69) is 24.3 Å². The first-order chi connectivity index (χ1) is 10.3. The molecule has 3 rings (SSSR count). The van der Waals surface area contributed by atoms with Crippen molar-refractivity contribution in [2.75, 3.05) is 13.2 Å². The number of nitrogens with zero attached hydrogens (tertiary/aromatic N) is 1. The van der Waals surface area contributed by atoms with E-state index in [0.717, 1.165) is 31.4 Å². The van der Waals surface area contributed by atoms with Crippen LogP contribution >= 0.6 is 0 Å². The van der Waals surface area contributed by atoms with Crippen molar-refractivity contribution in [3.63, 3.8) is 0 Å². The number of aliphatic hydroxyl groups is 1. The second-order valence-corrected chi connectivity index (χ2v) is 5.78. The summed E-state index contributed by atoms with van der Waals surface area (Å²) in [6.45, 7) is 0.848. The number of amides is 1. The lowest BCUT2D eigenvalue weighted by atomic mass is 10.0. The number of likely N-dealkylation sites (tertiary alicyclic amines) is 1. The fourth-order valence-corrected chi connectivity index (χ4v) is 3.14. The number of piperidine rings is 1. The first-order valence-corrected chi connectivity index (χ1v) is 7.66. The summed E-state index contributed by atoms with van der Waals surface area (Å²) in [4.78, 5) is 14.3. The average molecular weight is 283 g/mol. The summed E-state index contributed by atoms with van der Waals surface area (Å²) in [7, 11) is 0. The summed E-state index contributed by atoms with van der Waals surface area (Å²) in [6.07, 6.45) is 3.48. The van der Waals surface area contributed by atoms with Gasteiger partial charge in [0.1, 0.15) is 0 Å². The number of fused-ring (bicyclic) bond motifs is 1.